The van der Waals surface area contributed by atoms with Crippen LogP contribution >= 0.6 is 0 Å². The van der Waals surface area contributed by atoms with Gasteiger partial charge in [0, 0.05) is 11.8 Å². The Balaban J connectivity index is 1.87. The lowest BCUT2D eigenvalue weighted by atomic mass is 9.53. The topological polar surface area (TPSA) is 152 Å². The van der Waals surface area contributed by atoms with Gasteiger partial charge in [-0.05, 0) is 11.8 Å². The molecule has 10 atom stereocenters. The molecule has 0 bridgehead atoms. The van der Waals surface area contributed by atoms with E-state index in [1.165, 1.54) is 0 Å². The monoisotopic (exact) mass is 444 g/mol. The summed E-state index contributed by atoms with van der Waals surface area (Å²) in [7, 11) is 0. The van der Waals surface area contributed by atoms with Crippen molar-refractivity contribution >= 4 is 11.9 Å². The molecular weight excluding hydrogens is 412 g/mol. The number of carbonyl (C=O) groups excluding carboxylic acids is 2. The average Bonchev–Trinajstić information content (AvgIpc) is 3.26. The fourth-order valence-corrected chi connectivity index (χ4v) is 6.58. The van der Waals surface area contributed by atoms with Gasteiger partial charge in [0.05, 0.1) is 29.6 Å². The zero-order valence-electron chi connectivity index (χ0n) is 18.3. The molecule has 0 amide bonds. The van der Waals surface area contributed by atoms with Crippen LogP contribution in [0.2, 0.25) is 0 Å². The van der Waals surface area contributed by atoms with E-state index in [2.05, 4.69) is 0 Å². The molecule has 4 aliphatic rings. The minimum Gasteiger partial charge on any atom is -0.457 e. The Labute approximate surface area is 180 Å². The van der Waals surface area contributed by atoms with E-state index in [0.29, 0.717) is 0 Å². The first-order valence-electron chi connectivity index (χ1n) is 10.7. The zero-order valence-corrected chi connectivity index (χ0v) is 18.3. The number of ether oxygens (including phenoxy) is 4. The van der Waals surface area contributed by atoms with Gasteiger partial charge in [-0.15, -0.1) is 0 Å². The van der Waals surface area contributed by atoms with Gasteiger partial charge in [-0.3, -0.25) is 0 Å². The molecule has 4 rings (SSSR count). The molecule has 1 saturated carbocycles. The molecule has 4 fully saturated rings. The number of rotatable bonds is 6. The molecule has 0 aromatic carbocycles. The molecule has 176 valence electrons. The minimum absolute atomic E-state index is 0.0950. The Morgan fingerprint density at radius 1 is 1.13 bits per heavy atom. The molecular formula is C21H32O10. The lowest BCUT2D eigenvalue weighted by molar-refractivity contribution is -0.190. The maximum absolute atomic E-state index is 12.7. The molecule has 1 spiro atoms. The molecule has 31 heavy (non-hydrogen) atoms. The molecule has 0 aromatic rings. The number of esters is 2. The Morgan fingerprint density at radius 3 is 2.32 bits per heavy atom. The Kier molecular flexibility index (Phi) is 5.24. The molecule has 0 radical (unpaired) electrons. The van der Waals surface area contributed by atoms with E-state index in [1.54, 1.807) is 13.8 Å². The van der Waals surface area contributed by atoms with Crippen molar-refractivity contribution in [3.63, 3.8) is 0 Å². The van der Waals surface area contributed by atoms with Gasteiger partial charge in [0.15, 0.2) is 18.5 Å². The summed E-state index contributed by atoms with van der Waals surface area (Å²) >= 11 is 0. The van der Waals surface area contributed by atoms with Gasteiger partial charge < -0.3 is 39.4 Å². The van der Waals surface area contributed by atoms with E-state index in [4.69, 9.17) is 18.9 Å². The highest BCUT2D eigenvalue weighted by atomic mass is 16.7. The van der Waals surface area contributed by atoms with E-state index < -0.39 is 83.8 Å². The second kappa shape index (κ2) is 7.10. The number of aliphatic hydroxyl groups excluding tert-OH is 4. The molecule has 3 heterocycles. The molecule has 10 heteroatoms. The van der Waals surface area contributed by atoms with Crippen LogP contribution in [0.1, 0.15) is 41.0 Å². The largest absolute Gasteiger partial charge is 0.457 e. The quantitative estimate of drug-likeness (QED) is 0.306. The van der Waals surface area contributed by atoms with Crippen LogP contribution in [0.5, 0.6) is 0 Å². The number of carbonyl (C=O) groups is 2. The molecule has 10 nitrogen and oxygen atoms in total. The third-order valence-electron chi connectivity index (χ3n) is 7.56. The summed E-state index contributed by atoms with van der Waals surface area (Å²) in [6.45, 7) is 8.55. The van der Waals surface area contributed by atoms with Gasteiger partial charge in [-0.2, -0.15) is 0 Å². The van der Waals surface area contributed by atoms with E-state index >= 15 is 0 Å². The summed E-state index contributed by atoms with van der Waals surface area (Å²) in [6, 6.07) is 0. The molecule has 4 N–H and O–H groups in total. The van der Waals surface area contributed by atoms with Crippen molar-refractivity contribution in [2.75, 3.05) is 6.61 Å². The average molecular weight is 444 g/mol. The van der Waals surface area contributed by atoms with Gasteiger partial charge in [0.25, 0.3) is 0 Å². The van der Waals surface area contributed by atoms with Crippen LogP contribution < -0.4 is 0 Å². The van der Waals surface area contributed by atoms with Gasteiger partial charge in [0.1, 0.15) is 6.10 Å². The van der Waals surface area contributed by atoms with Crippen LogP contribution in [-0.4, -0.2) is 82.1 Å². The predicted octanol–water partition coefficient (Wildman–Crippen LogP) is -0.694. The standard InChI is InChI=1S/C21H32O10/c1-8(2)15(25)28-9(7-22)6-20-13-10(23)11(19(3,4)5)21(20)12(24)16(26)31-18(21)30-14(20)17(27)29-13/h8-15,18,22-25H,6-7H2,1-5H3/t9?,10-,11+,12+,13?,14?,15?,18?,20?,21?/m1/s1. The van der Waals surface area contributed by atoms with E-state index in [9.17, 15) is 30.0 Å². The maximum atomic E-state index is 12.7. The Morgan fingerprint density at radius 2 is 1.77 bits per heavy atom. The SMILES string of the molecule is CC(C)C(O)OC(CO)CC12C3OC4OC(=O)[C@H](O)C41[C@H](C(C)(C)C)[C@@H](O)C2OC3=O. The highest BCUT2D eigenvalue weighted by Gasteiger charge is 2.90. The van der Waals surface area contributed by atoms with Crippen LogP contribution in [-0.2, 0) is 28.5 Å². The fourth-order valence-electron chi connectivity index (χ4n) is 6.58. The first-order chi connectivity index (χ1) is 14.3. The third-order valence-corrected chi connectivity index (χ3v) is 7.56. The van der Waals surface area contributed by atoms with Gasteiger partial charge >= 0.3 is 11.9 Å². The minimum atomic E-state index is -1.67. The summed E-state index contributed by atoms with van der Waals surface area (Å²) in [4.78, 5) is 25.2. The first-order valence-corrected chi connectivity index (χ1v) is 10.7. The van der Waals surface area contributed by atoms with Crippen LogP contribution in [0.15, 0.2) is 0 Å². The summed E-state index contributed by atoms with van der Waals surface area (Å²) in [5.41, 5.74) is -3.54. The molecule has 1 aliphatic carbocycles. The number of aliphatic hydroxyl groups is 4. The molecule has 7 unspecified atom stereocenters. The second-order valence-electron chi connectivity index (χ2n) is 10.6. The van der Waals surface area contributed by atoms with Crippen molar-refractivity contribution in [2.24, 2.45) is 28.1 Å². The lowest BCUT2D eigenvalue weighted by Gasteiger charge is -2.46. The van der Waals surface area contributed by atoms with Crippen LogP contribution in [0.3, 0.4) is 0 Å². The Hall–Kier alpha value is -1.30. The molecule has 0 aromatic heterocycles. The van der Waals surface area contributed by atoms with Gasteiger partial charge in [-0.25, -0.2) is 9.59 Å². The lowest BCUT2D eigenvalue weighted by Crippen LogP contribution is -2.57. The van der Waals surface area contributed by atoms with E-state index in [1.807, 2.05) is 20.8 Å². The fraction of sp³-hybridized carbons (Fsp3) is 0.905. The summed E-state index contributed by atoms with van der Waals surface area (Å²) in [5, 5.41) is 42.7. The zero-order chi connectivity index (χ0) is 23.1. The van der Waals surface area contributed by atoms with Crippen molar-refractivity contribution in [2.45, 2.75) is 84.1 Å². The van der Waals surface area contributed by atoms with Crippen molar-refractivity contribution in [3.05, 3.63) is 0 Å². The highest BCUT2D eigenvalue weighted by molar-refractivity contribution is 5.84. The van der Waals surface area contributed by atoms with Crippen LogP contribution in [0.4, 0.5) is 0 Å². The Bertz CT molecular complexity index is 762. The van der Waals surface area contributed by atoms with E-state index in [0.717, 1.165) is 0 Å². The van der Waals surface area contributed by atoms with Crippen molar-refractivity contribution < 1.29 is 49.0 Å². The van der Waals surface area contributed by atoms with Crippen LogP contribution in [0.25, 0.3) is 0 Å². The maximum Gasteiger partial charge on any atom is 0.338 e. The predicted molar refractivity (Wildman–Crippen MR) is 102 cm³/mol. The summed E-state index contributed by atoms with van der Waals surface area (Å²) < 4.78 is 22.4. The van der Waals surface area contributed by atoms with Crippen molar-refractivity contribution in [1.29, 1.82) is 0 Å². The van der Waals surface area contributed by atoms with Crippen LogP contribution in [0, 0.1) is 28.1 Å². The van der Waals surface area contributed by atoms with Crippen molar-refractivity contribution in [3.8, 4) is 0 Å². The second-order valence-corrected chi connectivity index (χ2v) is 10.6. The normalized spacial score (nSPS) is 45.5. The smallest absolute Gasteiger partial charge is 0.338 e. The van der Waals surface area contributed by atoms with Gasteiger partial charge in [-0.1, -0.05) is 34.6 Å². The van der Waals surface area contributed by atoms with E-state index in [-0.39, 0.29) is 12.3 Å². The third kappa shape index (κ3) is 2.72. The summed E-state index contributed by atoms with van der Waals surface area (Å²) in [6.07, 6.45) is -8.71. The number of hydrogen-bond donors (Lipinski definition) is 4. The highest BCUT2D eigenvalue weighted by Crippen LogP contribution is 2.76. The summed E-state index contributed by atoms with van der Waals surface area (Å²) in [5.74, 6) is -2.62. The van der Waals surface area contributed by atoms with Gasteiger partial charge in [0.2, 0.25) is 6.29 Å². The molecule has 3 aliphatic heterocycles. The molecule has 3 saturated heterocycles. The van der Waals surface area contributed by atoms with Crippen molar-refractivity contribution in [1.82, 2.24) is 0 Å². The number of hydrogen-bond acceptors (Lipinski definition) is 10. The first kappa shape index (κ1) is 22.9.